The van der Waals surface area contributed by atoms with E-state index in [2.05, 4.69) is 15.3 Å². The first-order valence-electron chi connectivity index (χ1n) is 8.97. The van der Waals surface area contributed by atoms with E-state index in [9.17, 15) is 18.8 Å². The predicted molar refractivity (Wildman–Crippen MR) is 99.4 cm³/mol. The number of carbonyl (C=O) groups excluding carboxylic acids is 2. The molecular weight excluding hydrogens is 377 g/mol. The molecule has 150 valence electrons. The molecule has 2 amide bonds. The molecular formula is C17H25ClFN5O3. The van der Waals surface area contributed by atoms with Gasteiger partial charge in [-0.05, 0) is 38.0 Å². The van der Waals surface area contributed by atoms with Gasteiger partial charge in [0, 0.05) is 12.6 Å². The van der Waals surface area contributed by atoms with Gasteiger partial charge in [-0.1, -0.05) is 0 Å². The molecule has 4 N–H and O–H groups in total. The Labute approximate surface area is 162 Å². The van der Waals surface area contributed by atoms with Gasteiger partial charge < -0.3 is 20.9 Å². The molecule has 2 aliphatic rings. The van der Waals surface area contributed by atoms with Gasteiger partial charge in [0.2, 0.25) is 5.91 Å². The highest BCUT2D eigenvalue weighted by atomic mass is 35.5. The molecule has 2 heterocycles. The molecule has 0 bridgehead atoms. The van der Waals surface area contributed by atoms with Crippen molar-refractivity contribution >= 4 is 24.2 Å². The number of H-pyrrole nitrogens is 1. The summed E-state index contributed by atoms with van der Waals surface area (Å²) in [6.45, 7) is 0.573. The number of carbonyl (C=O) groups is 2. The number of likely N-dealkylation sites (tertiary alicyclic amines) is 1. The summed E-state index contributed by atoms with van der Waals surface area (Å²) in [5, 5.41) is 2.88. The van der Waals surface area contributed by atoms with Gasteiger partial charge in [0.15, 0.2) is 0 Å². The van der Waals surface area contributed by atoms with E-state index >= 15 is 0 Å². The van der Waals surface area contributed by atoms with Crippen molar-refractivity contribution < 1.29 is 14.0 Å². The molecule has 0 radical (unpaired) electrons. The Kier molecular flexibility index (Phi) is 7.32. The van der Waals surface area contributed by atoms with Crippen molar-refractivity contribution in [1.29, 1.82) is 0 Å². The average molecular weight is 402 g/mol. The molecule has 3 rings (SSSR count). The molecule has 8 nitrogen and oxygen atoms in total. The number of nitrogens with zero attached hydrogens (tertiary/aromatic N) is 2. The van der Waals surface area contributed by atoms with E-state index in [0.717, 1.165) is 6.20 Å². The van der Waals surface area contributed by atoms with Crippen LogP contribution in [0.1, 0.15) is 42.6 Å². The van der Waals surface area contributed by atoms with Crippen LogP contribution >= 0.6 is 12.4 Å². The topological polar surface area (TPSA) is 121 Å². The summed E-state index contributed by atoms with van der Waals surface area (Å²) in [5.74, 6) is -0.511. The fourth-order valence-corrected chi connectivity index (χ4v) is 3.71. The molecule has 1 aliphatic carbocycles. The van der Waals surface area contributed by atoms with Gasteiger partial charge >= 0.3 is 0 Å². The number of amides is 2. The molecule has 0 unspecified atom stereocenters. The van der Waals surface area contributed by atoms with E-state index in [1.54, 1.807) is 0 Å². The summed E-state index contributed by atoms with van der Waals surface area (Å²) in [5.41, 5.74) is 5.82. The van der Waals surface area contributed by atoms with Crippen LogP contribution in [0.4, 0.5) is 4.39 Å². The molecule has 2 fully saturated rings. The Morgan fingerprint density at radius 2 is 1.96 bits per heavy atom. The largest absolute Gasteiger partial charge is 0.348 e. The lowest BCUT2D eigenvalue weighted by molar-refractivity contribution is -0.133. The number of hydrogen-bond donors (Lipinski definition) is 3. The quantitative estimate of drug-likeness (QED) is 0.673. The number of nitrogens with one attached hydrogen (secondary N) is 2. The molecule has 1 aromatic heterocycles. The van der Waals surface area contributed by atoms with Crippen LogP contribution in [0.2, 0.25) is 0 Å². The maximum absolute atomic E-state index is 13.3. The second-order valence-corrected chi connectivity index (χ2v) is 7.09. The van der Waals surface area contributed by atoms with Crippen molar-refractivity contribution in [3.8, 4) is 0 Å². The Bertz CT molecular complexity index is 723. The van der Waals surface area contributed by atoms with Crippen molar-refractivity contribution in [2.75, 3.05) is 13.1 Å². The fraction of sp³-hybridized carbons (Fsp3) is 0.647. The first-order chi connectivity index (χ1) is 12.4. The first kappa shape index (κ1) is 21.3. The smallest absolute Gasteiger partial charge is 0.269 e. The summed E-state index contributed by atoms with van der Waals surface area (Å²) in [7, 11) is 0. The summed E-state index contributed by atoms with van der Waals surface area (Å²) in [6.07, 6.45) is 4.69. The Morgan fingerprint density at radius 3 is 2.56 bits per heavy atom. The molecule has 1 aliphatic heterocycles. The van der Waals surface area contributed by atoms with Gasteiger partial charge in [0.05, 0.1) is 25.0 Å². The number of rotatable bonds is 4. The Balaban J connectivity index is 0.00000261. The van der Waals surface area contributed by atoms with Gasteiger partial charge in [-0.3, -0.25) is 19.4 Å². The fourth-order valence-electron chi connectivity index (χ4n) is 3.71. The van der Waals surface area contributed by atoms with Gasteiger partial charge in [-0.2, -0.15) is 0 Å². The zero-order chi connectivity index (χ0) is 18.7. The molecule has 1 aromatic rings. The lowest BCUT2D eigenvalue weighted by Crippen LogP contribution is -2.49. The van der Waals surface area contributed by atoms with Crippen molar-refractivity contribution in [2.24, 2.45) is 11.7 Å². The minimum Gasteiger partial charge on any atom is -0.348 e. The number of hydrogen-bond acceptors (Lipinski definition) is 5. The average Bonchev–Trinajstić information content (AvgIpc) is 3.07. The molecule has 1 saturated carbocycles. The van der Waals surface area contributed by atoms with Crippen molar-refractivity contribution in [3.05, 3.63) is 28.4 Å². The van der Waals surface area contributed by atoms with E-state index in [0.29, 0.717) is 38.6 Å². The van der Waals surface area contributed by atoms with Crippen LogP contribution < -0.4 is 16.6 Å². The Hall–Kier alpha value is -2.00. The van der Waals surface area contributed by atoms with E-state index in [4.69, 9.17) is 5.73 Å². The second kappa shape index (κ2) is 9.27. The van der Waals surface area contributed by atoms with Gasteiger partial charge in [-0.25, -0.2) is 4.39 Å². The monoisotopic (exact) mass is 401 g/mol. The summed E-state index contributed by atoms with van der Waals surface area (Å²) in [4.78, 5) is 43.4. The third-order valence-electron chi connectivity index (χ3n) is 5.24. The highest BCUT2D eigenvalue weighted by Crippen LogP contribution is 2.28. The van der Waals surface area contributed by atoms with Crippen LogP contribution in [0.15, 0.2) is 17.2 Å². The second-order valence-electron chi connectivity index (χ2n) is 7.09. The zero-order valence-electron chi connectivity index (χ0n) is 14.9. The number of halogens is 2. The van der Waals surface area contributed by atoms with Crippen LogP contribution in [-0.4, -0.2) is 58.0 Å². The van der Waals surface area contributed by atoms with Crippen molar-refractivity contribution in [2.45, 2.75) is 50.4 Å². The highest BCUT2D eigenvalue weighted by Gasteiger charge is 2.35. The first-order valence-corrected chi connectivity index (χ1v) is 8.97. The van der Waals surface area contributed by atoms with E-state index < -0.39 is 17.8 Å². The number of aromatic nitrogens is 2. The number of alkyl halides is 1. The van der Waals surface area contributed by atoms with Crippen LogP contribution in [0.25, 0.3) is 0 Å². The SMILES string of the molecule is Cl.N[C@H](C(=O)N1CC[C@@H](F)C1)C1CCC(NC(=O)c2cncc(=O)[nH]2)CC1. The van der Waals surface area contributed by atoms with E-state index in [1.165, 1.54) is 11.1 Å². The van der Waals surface area contributed by atoms with Crippen molar-refractivity contribution in [1.82, 2.24) is 20.2 Å². The molecule has 27 heavy (non-hydrogen) atoms. The minimum atomic E-state index is -0.948. The van der Waals surface area contributed by atoms with Crippen LogP contribution in [-0.2, 0) is 4.79 Å². The Morgan fingerprint density at radius 1 is 1.26 bits per heavy atom. The summed E-state index contributed by atoms with van der Waals surface area (Å²) in [6, 6.07) is -0.654. The minimum absolute atomic E-state index is 0. The van der Waals surface area contributed by atoms with Gasteiger partial charge in [-0.15, -0.1) is 12.4 Å². The third kappa shape index (κ3) is 5.26. The lowest BCUT2D eigenvalue weighted by Gasteiger charge is -2.33. The molecule has 0 spiro atoms. The van der Waals surface area contributed by atoms with Crippen LogP contribution in [0.5, 0.6) is 0 Å². The maximum Gasteiger partial charge on any atom is 0.269 e. The number of nitrogens with two attached hydrogens (primary N) is 1. The number of aromatic amines is 1. The van der Waals surface area contributed by atoms with Crippen LogP contribution in [0.3, 0.4) is 0 Å². The summed E-state index contributed by atoms with van der Waals surface area (Å²) >= 11 is 0. The normalized spacial score (nSPS) is 26.1. The molecule has 10 heteroatoms. The lowest BCUT2D eigenvalue weighted by atomic mass is 9.81. The predicted octanol–water partition coefficient (Wildman–Crippen LogP) is 0.378. The highest BCUT2D eigenvalue weighted by molar-refractivity contribution is 5.92. The molecule has 1 saturated heterocycles. The third-order valence-corrected chi connectivity index (χ3v) is 5.24. The van der Waals surface area contributed by atoms with E-state index in [1.807, 2.05) is 0 Å². The molecule has 2 atom stereocenters. The van der Waals surface area contributed by atoms with E-state index in [-0.39, 0.29) is 48.4 Å². The molecule has 0 aromatic carbocycles. The van der Waals surface area contributed by atoms with Gasteiger partial charge in [0.1, 0.15) is 11.9 Å². The van der Waals surface area contributed by atoms with Crippen molar-refractivity contribution in [3.63, 3.8) is 0 Å². The van der Waals surface area contributed by atoms with Crippen LogP contribution in [0, 0.1) is 5.92 Å². The summed E-state index contributed by atoms with van der Waals surface area (Å²) < 4.78 is 13.3. The van der Waals surface area contributed by atoms with Gasteiger partial charge in [0.25, 0.3) is 11.5 Å². The standard InChI is InChI=1S/C17H24FN5O3.ClH/c18-11-5-6-23(9-11)17(26)15(19)10-1-3-12(4-2-10)21-16(25)13-7-20-8-14(24)22-13;/h7-8,10-12,15H,1-6,9,19H2,(H,21,25)(H,22,24);1H/t10?,11-,12?,15+;/m1./s1. The zero-order valence-corrected chi connectivity index (χ0v) is 15.7. The maximum atomic E-state index is 13.3.